The van der Waals surface area contributed by atoms with Gasteiger partial charge in [-0.3, -0.25) is 19.3 Å². The maximum atomic E-state index is 14.7. The zero-order valence-electron chi connectivity index (χ0n) is 20.2. The number of rotatable bonds is 12. The third kappa shape index (κ3) is 7.89. The van der Waals surface area contributed by atoms with Crippen LogP contribution in [0.3, 0.4) is 0 Å². The molecule has 0 aliphatic carbocycles. The fourth-order valence-electron chi connectivity index (χ4n) is 4.26. The van der Waals surface area contributed by atoms with Gasteiger partial charge < -0.3 is 21.5 Å². The highest BCUT2D eigenvalue weighted by molar-refractivity contribution is 7.18. The van der Waals surface area contributed by atoms with Gasteiger partial charge in [0.25, 0.3) is 0 Å². The Morgan fingerprint density at radius 2 is 2.06 bits per heavy atom. The summed E-state index contributed by atoms with van der Waals surface area (Å²) >= 11 is 0. The van der Waals surface area contributed by atoms with Gasteiger partial charge in [0.1, 0.15) is 5.41 Å². The molecule has 1 aliphatic heterocycles. The van der Waals surface area contributed by atoms with Crippen LogP contribution in [0.15, 0.2) is 24.3 Å². The van der Waals surface area contributed by atoms with E-state index in [4.69, 9.17) is 5.73 Å². The van der Waals surface area contributed by atoms with Crippen LogP contribution in [0.4, 0.5) is 4.39 Å². The molecule has 10 heteroatoms. The molecule has 1 aromatic rings. The maximum Gasteiger partial charge on any atom is 0.226 e. The number of amides is 1. The average molecular weight is 497 g/mol. The Hall–Kier alpha value is -1.77. The molecule has 0 radical (unpaired) electrons. The van der Waals surface area contributed by atoms with Crippen LogP contribution in [0, 0.1) is 5.92 Å². The summed E-state index contributed by atoms with van der Waals surface area (Å²) in [6.45, 7) is 6.56. The largest absolute Gasteiger partial charge is 0.393 e. The van der Waals surface area contributed by atoms with Crippen LogP contribution in [-0.4, -0.2) is 71.8 Å². The van der Waals surface area contributed by atoms with Gasteiger partial charge in [0.05, 0.1) is 24.1 Å². The number of aliphatic hydroxyl groups excluding tert-OH is 1. The Kier molecular flexibility index (Phi) is 10.7. The Balaban J connectivity index is 2.16. The van der Waals surface area contributed by atoms with Crippen molar-refractivity contribution in [3.05, 3.63) is 35.4 Å². The molecule has 8 nitrogen and oxygen atoms in total. The SMILES string of the molecule is CC(=O)[C@H](CCN)NC(=O)[C@@H](CC(=O)[C@@H]1CNCCN1Cc1ccccc1C(C)(F)P)[C@H](C)O. The number of nitrogens with two attached hydrogens (primary N) is 1. The summed E-state index contributed by atoms with van der Waals surface area (Å²) in [4.78, 5) is 39.9. The highest BCUT2D eigenvalue weighted by Crippen LogP contribution is 2.35. The van der Waals surface area contributed by atoms with Crippen molar-refractivity contribution in [1.82, 2.24) is 15.5 Å². The molecule has 1 aromatic carbocycles. The molecule has 0 saturated carbocycles. The third-order valence-electron chi connectivity index (χ3n) is 6.25. The summed E-state index contributed by atoms with van der Waals surface area (Å²) in [5.74, 6) is -1.97. The van der Waals surface area contributed by atoms with E-state index in [1.54, 1.807) is 12.1 Å². The van der Waals surface area contributed by atoms with Crippen molar-refractivity contribution in [2.45, 2.75) is 63.8 Å². The van der Waals surface area contributed by atoms with Gasteiger partial charge in [0.2, 0.25) is 5.91 Å². The summed E-state index contributed by atoms with van der Waals surface area (Å²) < 4.78 is 14.7. The molecular formula is C24H38FN4O4P. The molecule has 1 saturated heterocycles. The number of nitrogens with one attached hydrogen (secondary N) is 2. The Morgan fingerprint density at radius 3 is 2.65 bits per heavy atom. The van der Waals surface area contributed by atoms with Gasteiger partial charge in [-0.25, -0.2) is 4.39 Å². The zero-order valence-corrected chi connectivity index (χ0v) is 21.4. The van der Waals surface area contributed by atoms with E-state index in [0.29, 0.717) is 31.7 Å². The summed E-state index contributed by atoms with van der Waals surface area (Å²) in [5.41, 5.74) is 6.86. The van der Waals surface area contributed by atoms with Crippen molar-refractivity contribution in [1.29, 1.82) is 0 Å². The lowest BCUT2D eigenvalue weighted by molar-refractivity contribution is -0.137. The van der Waals surface area contributed by atoms with E-state index in [1.165, 1.54) is 20.8 Å². The number of Topliss-reactive ketones (excluding diaryl/α,β-unsaturated/α-hetero) is 2. The molecule has 0 bridgehead atoms. The summed E-state index contributed by atoms with van der Waals surface area (Å²) in [6.07, 6.45) is -0.972. The smallest absolute Gasteiger partial charge is 0.226 e. The molecule has 0 aromatic heterocycles. The molecule has 190 valence electrons. The number of carbonyl (C=O) groups is 3. The highest BCUT2D eigenvalue weighted by Gasteiger charge is 2.35. The molecule has 34 heavy (non-hydrogen) atoms. The number of hydrogen-bond acceptors (Lipinski definition) is 7. The Morgan fingerprint density at radius 1 is 1.38 bits per heavy atom. The van der Waals surface area contributed by atoms with Gasteiger partial charge in [0.15, 0.2) is 11.6 Å². The number of aliphatic hydroxyl groups is 1. The van der Waals surface area contributed by atoms with Crippen LogP contribution in [0.5, 0.6) is 0 Å². The molecule has 5 N–H and O–H groups in total. The topological polar surface area (TPSA) is 125 Å². The molecule has 0 spiro atoms. The van der Waals surface area contributed by atoms with Crippen molar-refractivity contribution in [3.63, 3.8) is 0 Å². The van der Waals surface area contributed by atoms with Gasteiger partial charge >= 0.3 is 0 Å². The van der Waals surface area contributed by atoms with Gasteiger partial charge in [-0.05, 0) is 44.9 Å². The number of alkyl halides is 1. The maximum absolute atomic E-state index is 14.7. The van der Waals surface area contributed by atoms with Crippen LogP contribution in [0.2, 0.25) is 0 Å². The molecule has 1 fully saturated rings. The number of hydrogen-bond donors (Lipinski definition) is 4. The van der Waals surface area contributed by atoms with Crippen molar-refractivity contribution < 1.29 is 23.9 Å². The van der Waals surface area contributed by atoms with E-state index in [1.807, 2.05) is 17.0 Å². The number of piperazine rings is 1. The second-order valence-electron chi connectivity index (χ2n) is 9.19. The standard InChI is InChI=1S/C24H38FN4O4P/c1-15(30)18(23(33)28-20(8-9-26)16(2)31)12-22(32)21-13-27-10-11-29(21)14-17-6-4-5-7-19(17)24(3,25)34/h4-7,15,18,20-21,27,30H,8-14,26,34H2,1-3H3,(H,28,33)/t15-,18-,20-,21-,24?/m0/s1. The summed E-state index contributed by atoms with van der Waals surface area (Å²) in [6, 6.07) is 5.94. The zero-order chi connectivity index (χ0) is 25.5. The number of halogens is 1. The molecule has 2 rings (SSSR count). The first kappa shape index (κ1) is 28.5. The summed E-state index contributed by atoms with van der Waals surface area (Å²) in [5, 5.41) is 14.5. The minimum atomic E-state index is -1.60. The predicted molar refractivity (Wildman–Crippen MR) is 133 cm³/mol. The van der Waals surface area contributed by atoms with E-state index < -0.39 is 35.4 Å². The van der Waals surface area contributed by atoms with E-state index in [2.05, 4.69) is 19.9 Å². The van der Waals surface area contributed by atoms with Crippen molar-refractivity contribution in [3.8, 4) is 0 Å². The van der Waals surface area contributed by atoms with Crippen LogP contribution < -0.4 is 16.4 Å². The molecule has 2 unspecified atom stereocenters. The van der Waals surface area contributed by atoms with Crippen molar-refractivity contribution in [2.75, 3.05) is 26.2 Å². The van der Waals surface area contributed by atoms with Crippen LogP contribution in [0.25, 0.3) is 0 Å². The molecular weight excluding hydrogens is 458 g/mol. The number of carbonyl (C=O) groups excluding carboxylic acids is 3. The normalized spacial score (nSPS) is 21.2. The van der Waals surface area contributed by atoms with Crippen LogP contribution in [-0.2, 0) is 26.3 Å². The lowest BCUT2D eigenvalue weighted by Gasteiger charge is -2.37. The van der Waals surface area contributed by atoms with E-state index in [9.17, 15) is 23.9 Å². The first-order valence-corrected chi connectivity index (χ1v) is 12.3. The first-order chi connectivity index (χ1) is 16.0. The minimum absolute atomic E-state index is 0.175. The lowest BCUT2D eigenvalue weighted by atomic mass is 9.91. The first-order valence-electron chi connectivity index (χ1n) is 11.7. The van der Waals surface area contributed by atoms with Gasteiger partial charge in [-0.15, -0.1) is 0 Å². The fraction of sp³-hybridized carbons (Fsp3) is 0.625. The third-order valence-corrected chi connectivity index (χ3v) is 6.56. The fourth-order valence-corrected chi connectivity index (χ4v) is 4.55. The van der Waals surface area contributed by atoms with Crippen LogP contribution >= 0.6 is 9.24 Å². The number of benzene rings is 1. The monoisotopic (exact) mass is 496 g/mol. The van der Waals surface area contributed by atoms with Gasteiger partial charge in [-0.2, -0.15) is 0 Å². The van der Waals surface area contributed by atoms with E-state index >= 15 is 0 Å². The highest BCUT2D eigenvalue weighted by atomic mass is 31.0. The second-order valence-corrected chi connectivity index (χ2v) is 10.3. The number of nitrogens with zero attached hydrogens (tertiary/aromatic N) is 1. The summed E-state index contributed by atoms with van der Waals surface area (Å²) in [7, 11) is 2.21. The second kappa shape index (κ2) is 12.8. The van der Waals surface area contributed by atoms with Crippen molar-refractivity contribution >= 4 is 26.7 Å². The van der Waals surface area contributed by atoms with E-state index in [-0.39, 0.29) is 31.0 Å². The lowest BCUT2D eigenvalue weighted by Crippen LogP contribution is -2.55. The molecule has 1 heterocycles. The molecule has 1 aliphatic rings. The van der Waals surface area contributed by atoms with Crippen molar-refractivity contribution in [2.24, 2.45) is 11.7 Å². The molecule has 1 amide bonds. The predicted octanol–water partition coefficient (Wildman–Crippen LogP) is 0.857. The Bertz CT molecular complexity index is 862. The Labute approximate surface area is 203 Å². The van der Waals surface area contributed by atoms with E-state index in [0.717, 1.165) is 5.56 Å². The van der Waals surface area contributed by atoms with Crippen LogP contribution in [0.1, 0.15) is 44.7 Å². The minimum Gasteiger partial charge on any atom is -0.393 e. The average Bonchev–Trinajstić information content (AvgIpc) is 2.76. The number of ketones is 2. The quantitative estimate of drug-likeness (QED) is 0.316. The van der Waals surface area contributed by atoms with Gasteiger partial charge in [-0.1, -0.05) is 33.5 Å². The molecule has 6 atom stereocenters. The van der Waals surface area contributed by atoms with Gasteiger partial charge in [0, 0.05) is 32.6 Å².